The number of hydrogen-bond donors (Lipinski definition) is 2. The van der Waals surface area contributed by atoms with Gasteiger partial charge in [0.2, 0.25) is 0 Å². The van der Waals surface area contributed by atoms with Crippen LogP contribution < -0.4 is 16.6 Å². The molecule has 1 aromatic carbocycles. The summed E-state index contributed by atoms with van der Waals surface area (Å²) in [6.45, 7) is 4.08. The second kappa shape index (κ2) is 7.12. The maximum Gasteiger partial charge on any atom is 0.252 e. The number of halogens is 2. The minimum absolute atomic E-state index is 0.184. The molecule has 2 aromatic rings. The summed E-state index contributed by atoms with van der Waals surface area (Å²) in [5.41, 5.74) is 6.40. The summed E-state index contributed by atoms with van der Waals surface area (Å²) in [4.78, 5) is 24.1. The SMILES string of the molecule is CCc1c(C(N)=O)c(Nc2ccc(I)cc2F)cc(=O)n1CC. The maximum absolute atomic E-state index is 14.0. The van der Waals surface area contributed by atoms with Crippen LogP contribution in [0.1, 0.15) is 29.9 Å². The lowest BCUT2D eigenvalue weighted by atomic mass is 10.1. The molecule has 0 spiro atoms. The molecule has 1 aromatic heterocycles. The molecule has 0 radical (unpaired) electrons. The zero-order valence-corrected chi connectivity index (χ0v) is 15.0. The molecule has 0 saturated carbocycles. The summed E-state index contributed by atoms with van der Waals surface area (Å²) >= 11 is 2.00. The van der Waals surface area contributed by atoms with Gasteiger partial charge in [0.25, 0.3) is 11.5 Å². The molecule has 0 fully saturated rings. The van der Waals surface area contributed by atoms with Gasteiger partial charge in [-0.3, -0.25) is 9.59 Å². The molecule has 122 valence electrons. The van der Waals surface area contributed by atoms with Gasteiger partial charge in [-0.05, 0) is 54.1 Å². The summed E-state index contributed by atoms with van der Waals surface area (Å²) in [6.07, 6.45) is 0.464. The molecule has 7 heteroatoms. The highest BCUT2D eigenvalue weighted by Gasteiger charge is 2.19. The molecule has 23 heavy (non-hydrogen) atoms. The number of amides is 1. The smallest absolute Gasteiger partial charge is 0.252 e. The quantitative estimate of drug-likeness (QED) is 0.718. The van der Waals surface area contributed by atoms with E-state index in [1.54, 1.807) is 12.1 Å². The average Bonchev–Trinajstić information content (AvgIpc) is 2.48. The Bertz CT molecular complexity index is 818. The van der Waals surface area contributed by atoms with Gasteiger partial charge in [0.15, 0.2) is 0 Å². The van der Waals surface area contributed by atoms with Crippen LogP contribution in [-0.4, -0.2) is 10.5 Å². The van der Waals surface area contributed by atoms with Gasteiger partial charge in [0, 0.05) is 21.9 Å². The van der Waals surface area contributed by atoms with Gasteiger partial charge in [0.1, 0.15) is 5.82 Å². The first-order valence-electron chi connectivity index (χ1n) is 7.17. The molecular formula is C16H17FIN3O2. The molecule has 0 unspecified atom stereocenters. The van der Waals surface area contributed by atoms with E-state index in [-0.39, 0.29) is 22.5 Å². The number of benzene rings is 1. The number of hydrogen-bond acceptors (Lipinski definition) is 3. The third-order valence-corrected chi connectivity index (χ3v) is 4.19. The van der Waals surface area contributed by atoms with Crippen molar-refractivity contribution in [1.82, 2.24) is 4.57 Å². The molecule has 0 aliphatic rings. The summed E-state index contributed by atoms with van der Waals surface area (Å²) < 4.78 is 16.3. The maximum atomic E-state index is 14.0. The van der Waals surface area contributed by atoms with Gasteiger partial charge in [-0.2, -0.15) is 0 Å². The molecule has 0 saturated heterocycles. The van der Waals surface area contributed by atoms with Gasteiger partial charge >= 0.3 is 0 Å². The summed E-state index contributed by atoms with van der Waals surface area (Å²) in [7, 11) is 0. The van der Waals surface area contributed by atoms with Crippen molar-refractivity contribution < 1.29 is 9.18 Å². The second-order valence-electron chi connectivity index (χ2n) is 4.93. The van der Waals surface area contributed by atoms with Crippen molar-refractivity contribution >= 4 is 39.9 Å². The Labute approximate surface area is 146 Å². The lowest BCUT2D eigenvalue weighted by Crippen LogP contribution is -2.28. The van der Waals surface area contributed by atoms with Crippen LogP contribution in [0.4, 0.5) is 15.8 Å². The fourth-order valence-corrected chi connectivity index (χ4v) is 2.97. The van der Waals surface area contributed by atoms with Crippen molar-refractivity contribution in [3.63, 3.8) is 0 Å². The molecule has 5 nitrogen and oxygen atoms in total. The van der Waals surface area contributed by atoms with Crippen molar-refractivity contribution in [2.24, 2.45) is 5.73 Å². The second-order valence-corrected chi connectivity index (χ2v) is 6.17. The number of nitrogens with zero attached hydrogens (tertiary/aromatic N) is 1. The number of carbonyl (C=O) groups is 1. The molecule has 0 aliphatic carbocycles. The number of pyridine rings is 1. The standard InChI is InChI=1S/C16H17FIN3O2/c1-3-13-15(16(19)23)12(8-14(22)21(13)4-2)20-11-6-5-9(18)7-10(11)17/h5-8,20H,3-4H2,1-2H3,(H2,19,23). The van der Waals surface area contributed by atoms with E-state index < -0.39 is 11.7 Å². The van der Waals surface area contributed by atoms with Gasteiger partial charge in [-0.1, -0.05) is 6.92 Å². The Hall–Kier alpha value is -1.90. The molecule has 1 amide bonds. The number of aromatic nitrogens is 1. The number of carbonyl (C=O) groups excluding carboxylic acids is 1. The van der Waals surface area contributed by atoms with Crippen LogP contribution in [0, 0.1) is 9.39 Å². The van der Waals surface area contributed by atoms with E-state index in [4.69, 9.17) is 5.73 Å². The first-order chi connectivity index (χ1) is 10.9. The van der Waals surface area contributed by atoms with E-state index in [9.17, 15) is 14.0 Å². The summed E-state index contributed by atoms with van der Waals surface area (Å²) in [5, 5.41) is 2.82. The van der Waals surface area contributed by atoms with Crippen LogP contribution in [-0.2, 0) is 13.0 Å². The van der Waals surface area contributed by atoms with Crippen LogP contribution in [0.2, 0.25) is 0 Å². The van der Waals surface area contributed by atoms with E-state index >= 15 is 0 Å². The van der Waals surface area contributed by atoms with Gasteiger partial charge < -0.3 is 15.6 Å². The Morgan fingerprint density at radius 1 is 1.30 bits per heavy atom. The lowest BCUT2D eigenvalue weighted by molar-refractivity contribution is 0.0999. The fraction of sp³-hybridized carbons (Fsp3) is 0.250. The van der Waals surface area contributed by atoms with E-state index in [1.165, 1.54) is 16.7 Å². The molecule has 0 bridgehead atoms. The van der Waals surface area contributed by atoms with Crippen LogP contribution in [0.25, 0.3) is 0 Å². The lowest BCUT2D eigenvalue weighted by Gasteiger charge is -2.18. The molecule has 0 atom stereocenters. The Morgan fingerprint density at radius 2 is 2.00 bits per heavy atom. The van der Waals surface area contributed by atoms with Crippen LogP contribution in [0.3, 0.4) is 0 Å². The highest BCUT2D eigenvalue weighted by Crippen LogP contribution is 2.25. The third-order valence-electron chi connectivity index (χ3n) is 3.52. The number of rotatable bonds is 5. The van der Waals surface area contributed by atoms with Gasteiger partial charge in [0.05, 0.1) is 16.9 Å². The minimum Gasteiger partial charge on any atom is -0.365 e. The van der Waals surface area contributed by atoms with Crippen LogP contribution >= 0.6 is 22.6 Å². The monoisotopic (exact) mass is 429 g/mol. The number of primary amides is 1. The molecule has 1 heterocycles. The normalized spacial score (nSPS) is 10.6. The largest absolute Gasteiger partial charge is 0.365 e. The summed E-state index contributed by atoms with van der Waals surface area (Å²) in [5.74, 6) is -1.12. The Morgan fingerprint density at radius 3 is 2.52 bits per heavy atom. The highest BCUT2D eigenvalue weighted by atomic mass is 127. The van der Waals surface area contributed by atoms with E-state index in [2.05, 4.69) is 5.32 Å². The predicted molar refractivity (Wildman–Crippen MR) is 96.7 cm³/mol. The van der Waals surface area contributed by atoms with Gasteiger partial charge in [-0.15, -0.1) is 0 Å². The number of nitrogens with one attached hydrogen (secondary N) is 1. The Kier molecular flexibility index (Phi) is 5.40. The number of anilines is 2. The highest BCUT2D eigenvalue weighted by molar-refractivity contribution is 14.1. The average molecular weight is 429 g/mol. The first kappa shape index (κ1) is 17.5. The van der Waals surface area contributed by atoms with E-state index in [1.807, 2.05) is 36.4 Å². The summed E-state index contributed by atoms with van der Waals surface area (Å²) in [6, 6.07) is 5.92. The molecular weight excluding hydrogens is 412 g/mol. The molecule has 3 N–H and O–H groups in total. The van der Waals surface area contributed by atoms with Crippen molar-refractivity contribution in [3.8, 4) is 0 Å². The zero-order chi connectivity index (χ0) is 17.1. The van der Waals surface area contributed by atoms with Crippen molar-refractivity contribution in [2.45, 2.75) is 26.8 Å². The van der Waals surface area contributed by atoms with E-state index in [0.717, 1.165) is 3.57 Å². The van der Waals surface area contributed by atoms with Crippen LogP contribution in [0.5, 0.6) is 0 Å². The van der Waals surface area contributed by atoms with Gasteiger partial charge in [-0.25, -0.2) is 4.39 Å². The minimum atomic E-state index is -0.655. The third kappa shape index (κ3) is 3.54. The zero-order valence-electron chi connectivity index (χ0n) is 12.8. The number of nitrogens with two attached hydrogens (primary N) is 1. The first-order valence-corrected chi connectivity index (χ1v) is 8.25. The predicted octanol–water partition coefficient (Wildman–Crippen LogP) is 3.02. The fourth-order valence-electron chi connectivity index (χ4n) is 2.52. The van der Waals surface area contributed by atoms with Crippen molar-refractivity contribution in [2.75, 3.05) is 5.32 Å². The Balaban J connectivity index is 2.64. The molecule has 0 aliphatic heterocycles. The van der Waals surface area contributed by atoms with Crippen LogP contribution in [0.15, 0.2) is 29.1 Å². The van der Waals surface area contributed by atoms with E-state index in [0.29, 0.717) is 18.7 Å². The van der Waals surface area contributed by atoms with Crippen molar-refractivity contribution in [1.29, 1.82) is 0 Å². The molecule has 2 rings (SSSR count). The van der Waals surface area contributed by atoms with Crippen molar-refractivity contribution in [3.05, 3.63) is 55.3 Å². The topological polar surface area (TPSA) is 77.1 Å².